The highest BCUT2D eigenvalue weighted by atomic mass is 35.5. The summed E-state index contributed by atoms with van der Waals surface area (Å²) in [7, 11) is 0. The third-order valence-corrected chi connectivity index (χ3v) is 4.28. The fraction of sp³-hybridized carbons (Fsp3) is 0.786. The van der Waals surface area contributed by atoms with Gasteiger partial charge in [0, 0.05) is 19.6 Å². The Labute approximate surface area is 130 Å². The lowest BCUT2D eigenvalue weighted by molar-refractivity contribution is 0.0633. The summed E-state index contributed by atoms with van der Waals surface area (Å²) in [6, 6.07) is 0. The van der Waals surface area contributed by atoms with Crippen LogP contribution < -0.4 is 9.80 Å². The first-order valence-corrected chi connectivity index (χ1v) is 7.96. The highest BCUT2D eigenvalue weighted by Gasteiger charge is 2.33. The maximum Gasteiger partial charge on any atom is 0.232 e. The van der Waals surface area contributed by atoms with Crippen LogP contribution in [0.2, 0.25) is 5.28 Å². The van der Waals surface area contributed by atoms with Gasteiger partial charge in [0.1, 0.15) is 0 Å². The molecule has 21 heavy (non-hydrogen) atoms. The number of halogens is 1. The van der Waals surface area contributed by atoms with E-state index < -0.39 is 0 Å². The molecule has 0 unspecified atom stereocenters. The normalized spacial score (nSPS) is 22.4. The number of anilines is 2. The summed E-state index contributed by atoms with van der Waals surface area (Å²) >= 11 is 6.13. The number of aromatic nitrogens is 3. The second-order valence-electron chi connectivity index (χ2n) is 6.27. The molecule has 0 N–H and O–H groups in total. The Morgan fingerprint density at radius 3 is 2.43 bits per heavy atom. The van der Waals surface area contributed by atoms with Gasteiger partial charge < -0.3 is 14.5 Å². The molecule has 116 valence electrons. The molecule has 6 nitrogen and oxygen atoms in total. The number of rotatable bonds is 2. The van der Waals surface area contributed by atoms with Gasteiger partial charge >= 0.3 is 0 Å². The predicted octanol–water partition coefficient (Wildman–Crippen LogP) is 2.13. The van der Waals surface area contributed by atoms with Gasteiger partial charge in [-0.1, -0.05) is 0 Å². The Kier molecular flexibility index (Phi) is 4.17. The van der Waals surface area contributed by atoms with Crippen LogP contribution in [0.1, 0.15) is 33.1 Å². The van der Waals surface area contributed by atoms with Crippen molar-refractivity contribution in [1.82, 2.24) is 15.0 Å². The topological polar surface area (TPSA) is 54.4 Å². The summed E-state index contributed by atoms with van der Waals surface area (Å²) in [5.41, 5.74) is -0.137. The summed E-state index contributed by atoms with van der Waals surface area (Å²) in [6.07, 6.45) is 3.64. The molecule has 0 aliphatic carbocycles. The zero-order chi connectivity index (χ0) is 14.9. The van der Waals surface area contributed by atoms with Crippen LogP contribution >= 0.6 is 11.6 Å². The fourth-order valence-corrected chi connectivity index (χ4v) is 3.07. The Bertz CT molecular complexity index is 504. The summed E-state index contributed by atoms with van der Waals surface area (Å²) in [5.74, 6) is 1.36. The van der Waals surface area contributed by atoms with Crippen molar-refractivity contribution in [2.45, 2.75) is 38.6 Å². The molecule has 0 radical (unpaired) electrons. The average Bonchev–Trinajstić information content (AvgIpc) is 2.47. The van der Waals surface area contributed by atoms with Gasteiger partial charge in [0.05, 0.1) is 18.8 Å². The first-order chi connectivity index (χ1) is 10.1. The second kappa shape index (κ2) is 5.93. The van der Waals surface area contributed by atoms with Gasteiger partial charge in [-0.2, -0.15) is 15.0 Å². The van der Waals surface area contributed by atoms with Gasteiger partial charge in [-0.15, -0.1) is 0 Å². The number of piperidine rings is 1. The highest BCUT2D eigenvalue weighted by Crippen LogP contribution is 2.26. The van der Waals surface area contributed by atoms with Crippen molar-refractivity contribution in [2.75, 3.05) is 42.6 Å². The standard InChI is InChI=1S/C14H22ClN5O/c1-14(2)10-21-9-8-20(14)13-17-11(15)16-12(18-13)19-6-4-3-5-7-19/h3-10H2,1-2H3. The SMILES string of the molecule is CC1(C)COCCN1c1nc(Cl)nc(N2CCCCC2)n1. The molecule has 0 spiro atoms. The Balaban J connectivity index is 1.89. The maximum absolute atomic E-state index is 6.13. The Morgan fingerprint density at radius 2 is 1.71 bits per heavy atom. The highest BCUT2D eigenvalue weighted by molar-refractivity contribution is 6.28. The van der Waals surface area contributed by atoms with Gasteiger partial charge in [0.2, 0.25) is 17.2 Å². The molecule has 0 aromatic carbocycles. The lowest BCUT2D eigenvalue weighted by atomic mass is 10.0. The largest absolute Gasteiger partial charge is 0.377 e. The lowest BCUT2D eigenvalue weighted by Crippen LogP contribution is -2.54. The molecule has 2 aliphatic rings. The Hall–Kier alpha value is -1.14. The van der Waals surface area contributed by atoms with E-state index >= 15 is 0 Å². The molecule has 2 aliphatic heterocycles. The van der Waals surface area contributed by atoms with E-state index in [0.29, 0.717) is 25.1 Å². The van der Waals surface area contributed by atoms with E-state index in [1.807, 2.05) is 0 Å². The van der Waals surface area contributed by atoms with E-state index in [9.17, 15) is 0 Å². The van der Waals surface area contributed by atoms with Crippen molar-refractivity contribution in [2.24, 2.45) is 0 Å². The molecular weight excluding hydrogens is 290 g/mol. The van der Waals surface area contributed by atoms with E-state index in [4.69, 9.17) is 16.3 Å². The van der Waals surface area contributed by atoms with Crippen LogP contribution in [-0.4, -0.2) is 53.3 Å². The summed E-state index contributed by atoms with van der Waals surface area (Å²) in [5, 5.41) is 0.267. The first-order valence-electron chi connectivity index (χ1n) is 7.58. The van der Waals surface area contributed by atoms with Crippen LogP contribution in [0.15, 0.2) is 0 Å². The minimum Gasteiger partial charge on any atom is -0.377 e. The van der Waals surface area contributed by atoms with Crippen molar-refractivity contribution in [3.05, 3.63) is 5.28 Å². The van der Waals surface area contributed by atoms with E-state index in [0.717, 1.165) is 19.6 Å². The third kappa shape index (κ3) is 3.21. The van der Waals surface area contributed by atoms with Crippen molar-refractivity contribution >= 4 is 23.5 Å². The smallest absolute Gasteiger partial charge is 0.232 e. The number of hydrogen-bond acceptors (Lipinski definition) is 6. The number of nitrogens with zero attached hydrogens (tertiary/aromatic N) is 5. The van der Waals surface area contributed by atoms with Gasteiger partial charge in [-0.3, -0.25) is 0 Å². The Morgan fingerprint density at radius 1 is 1.00 bits per heavy atom. The first kappa shape index (κ1) is 14.8. The summed E-state index contributed by atoms with van der Waals surface area (Å²) in [6.45, 7) is 8.36. The minimum absolute atomic E-state index is 0.137. The minimum atomic E-state index is -0.137. The van der Waals surface area contributed by atoms with Crippen molar-refractivity contribution in [3.63, 3.8) is 0 Å². The molecule has 1 aromatic heterocycles. The zero-order valence-corrected chi connectivity index (χ0v) is 13.4. The maximum atomic E-state index is 6.13. The quantitative estimate of drug-likeness (QED) is 0.834. The predicted molar refractivity (Wildman–Crippen MR) is 83.1 cm³/mol. The average molecular weight is 312 g/mol. The second-order valence-corrected chi connectivity index (χ2v) is 6.61. The molecule has 0 amide bonds. The number of ether oxygens (including phenoxy) is 1. The van der Waals surface area contributed by atoms with Crippen LogP contribution in [0.4, 0.5) is 11.9 Å². The summed E-state index contributed by atoms with van der Waals surface area (Å²) in [4.78, 5) is 17.7. The molecule has 3 heterocycles. The lowest BCUT2D eigenvalue weighted by Gasteiger charge is -2.42. The van der Waals surface area contributed by atoms with E-state index in [1.165, 1.54) is 19.3 Å². The van der Waals surface area contributed by atoms with Crippen LogP contribution in [0.5, 0.6) is 0 Å². The van der Waals surface area contributed by atoms with Crippen molar-refractivity contribution < 1.29 is 4.74 Å². The van der Waals surface area contributed by atoms with Gasteiger partial charge in [0.25, 0.3) is 0 Å². The van der Waals surface area contributed by atoms with Gasteiger partial charge in [-0.05, 0) is 44.7 Å². The van der Waals surface area contributed by atoms with Crippen molar-refractivity contribution in [3.8, 4) is 0 Å². The molecule has 1 aromatic rings. The molecule has 2 fully saturated rings. The third-order valence-electron chi connectivity index (χ3n) is 4.11. The van der Waals surface area contributed by atoms with Crippen LogP contribution in [0.3, 0.4) is 0 Å². The van der Waals surface area contributed by atoms with Crippen LogP contribution in [0.25, 0.3) is 0 Å². The monoisotopic (exact) mass is 311 g/mol. The van der Waals surface area contributed by atoms with E-state index in [-0.39, 0.29) is 10.8 Å². The summed E-state index contributed by atoms with van der Waals surface area (Å²) < 4.78 is 5.56. The molecule has 0 bridgehead atoms. The molecule has 3 rings (SSSR count). The zero-order valence-electron chi connectivity index (χ0n) is 12.7. The molecular formula is C14H22ClN5O. The number of hydrogen-bond donors (Lipinski definition) is 0. The molecule has 0 atom stereocenters. The van der Waals surface area contributed by atoms with Crippen LogP contribution in [0, 0.1) is 0 Å². The fourth-order valence-electron chi connectivity index (χ4n) is 2.91. The molecule has 0 saturated carbocycles. The molecule has 2 saturated heterocycles. The van der Waals surface area contributed by atoms with Crippen molar-refractivity contribution in [1.29, 1.82) is 0 Å². The number of morpholine rings is 1. The van der Waals surface area contributed by atoms with E-state index in [1.54, 1.807) is 0 Å². The van der Waals surface area contributed by atoms with Crippen LogP contribution in [-0.2, 0) is 4.74 Å². The molecule has 7 heteroatoms. The van der Waals surface area contributed by atoms with Gasteiger partial charge in [-0.25, -0.2) is 0 Å². The van der Waals surface area contributed by atoms with Gasteiger partial charge in [0.15, 0.2) is 0 Å². The van der Waals surface area contributed by atoms with E-state index in [2.05, 4.69) is 38.6 Å².